The third-order valence-corrected chi connectivity index (χ3v) is 10.8. The molecule has 0 aliphatic carbocycles. The van der Waals surface area contributed by atoms with Gasteiger partial charge in [-0.1, -0.05) is 89.1 Å². The number of carboxylic acid groups (broad SMARTS) is 1. The van der Waals surface area contributed by atoms with Crippen LogP contribution in [0, 0.1) is 0 Å². The Morgan fingerprint density at radius 1 is 1.02 bits per heavy atom. The van der Waals surface area contributed by atoms with Crippen LogP contribution >= 0.6 is 23.3 Å². The lowest BCUT2D eigenvalue weighted by Gasteiger charge is -2.49. The van der Waals surface area contributed by atoms with E-state index in [1.165, 1.54) is 80.9 Å². The summed E-state index contributed by atoms with van der Waals surface area (Å²) in [7, 11) is 0. The Labute approximate surface area is 313 Å². The number of oxime groups is 1. The number of thioether (sulfide) groups is 1. The molecule has 2 amide bonds. The van der Waals surface area contributed by atoms with E-state index in [1.807, 2.05) is 16.7 Å². The molecule has 1 unspecified atom stereocenters. The highest BCUT2D eigenvalue weighted by atomic mass is 32.2. The van der Waals surface area contributed by atoms with Gasteiger partial charge in [0.25, 0.3) is 11.8 Å². The first-order valence-corrected chi connectivity index (χ1v) is 20.2. The zero-order valence-electron chi connectivity index (χ0n) is 30.2. The van der Waals surface area contributed by atoms with Crippen LogP contribution in [0.3, 0.4) is 0 Å². The molecule has 2 aliphatic heterocycles. The Bertz CT molecular complexity index is 1560. The van der Waals surface area contributed by atoms with E-state index in [1.54, 1.807) is 19.3 Å². The molecule has 0 spiro atoms. The fourth-order valence-electron chi connectivity index (χ4n) is 6.09. The van der Waals surface area contributed by atoms with Crippen molar-refractivity contribution in [3.05, 3.63) is 47.2 Å². The van der Waals surface area contributed by atoms with Crippen LogP contribution in [0.15, 0.2) is 41.0 Å². The van der Waals surface area contributed by atoms with E-state index in [4.69, 9.17) is 15.3 Å². The standard InChI is InChI=1S/C36H51N7O7S2/c1-3-5-6-7-8-9-10-11-12-13-14-15-16-17-27(44)49-23-25-18-20-42(21-19-25)22-26-24-51-34-29(33(46)43(34)30(26)35(47)48)38-32(45)28(40-50-4-2)31-39-36(37)52-41-31/h18-21,29,34H,3-17,22-24H2,1-2H3,(H3-,37,38,39,41,45,47,48)/p+1/t29?,34-/m1/s1. The maximum absolute atomic E-state index is 13.2. The van der Waals surface area contributed by atoms with Crippen LogP contribution < -0.4 is 15.6 Å². The molecular weight excluding hydrogens is 707 g/mol. The maximum atomic E-state index is 13.2. The third-order valence-electron chi connectivity index (χ3n) is 8.91. The van der Waals surface area contributed by atoms with E-state index in [0.717, 1.165) is 36.4 Å². The van der Waals surface area contributed by atoms with Gasteiger partial charge in [0.15, 0.2) is 24.1 Å². The van der Waals surface area contributed by atoms with E-state index in [0.29, 0.717) is 17.7 Å². The summed E-state index contributed by atoms with van der Waals surface area (Å²) in [5, 5.41) is 16.0. The summed E-state index contributed by atoms with van der Waals surface area (Å²) in [6.45, 7) is 4.53. The number of esters is 1. The lowest BCUT2D eigenvalue weighted by atomic mass is 10.0. The van der Waals surface area contributed by atoms with Crippen LogP contribution in [0.25, 0.3) is 0 Å². The van der Waals surface area contributed by atoms with Crippen molar-refractivity contribution in [1.29, 1.82) is 0 Å². The molecule has 0 aromatic carbocycles. The lowest BCUT2D eigenvalue weighted by Crippen LogP contribution is -2.71. The Hall–Kier alpha value is -4.05. The highest BCUT2D eigenvalue weighted by Gasteiger charge is 2.55. The first-order chi connectivity index (χ1) is 25.2. The van der Waals surface area contributed by atoms with Crippen molar-refractivity contribution < 1.29 is 38.4 Å². The summed E-state index contributed by atoms with van der Waals surface area (Å²) < 4.78 is 11.3. The van der Waals surface area contributed by atoms with Gasteiger partial charge in [0, 0.05) is 47.0 Å². The predicted octanol–water partition coefficient (Wildman–Crippen LogP) is 5.11. The van der Waals surface area contributed by atoms with Gasteiger partial charge in [-0.25, -0.2) is 9.36 Å². The molecule has 16 heteroatoms. The summed E-state index contributed by atoms with van der Waals surface area (Å²) in [5.41, 5.74) is 6.69. The number of fused-ring (bicyclic) bond motifs is 1. The average Bonchev–Trinajstić information content (AvgIpc) is 3.57. The third kappa shape index (κ3) is 12.0. The van der Waals surface area contributed by atoms with Crippen molar-refractivity contribution in [2.45, 2.75) is 128 Å². The van der Waals surface area contributed by atoms with Crippen molar-refractivity contribution in [1.82, 2.24) is 19.6 Å². The van der Waals surface area contributed by atoms with Crippen LogP contribution in [-0.4, -0.2) is 72.6 Å². The SMILES string of the molecule is CCCCCCCCCCCCCCCC(=O)OCc1cc[n+](CC2=C(C(=O)O)N3C(=O)C(NC(=O)C(=NOCC)c4nsc(N)n4)[C@H]3SC2)cc1. The number of nitrogen functional groups attached to an aromatic ring is 1. The molecule has 284 valence electrons. The van der Waals surface area contributed by atoms with Crippen molar-refractivity contribution in [2.24, 2.45) is 5.16 Å². The highest BCUT2D eigenvalue weighted by Crippen LogP contribution is 2.40. The number of aliphatic carboxylic acids is 1. The molecule has 4 heterocycles. The fourth-order valence-corrected chi connectivity index (χ4v) is 7.86. The van der Waals surface area contributed by atoms with Crippen molar-refractivity contribution >= 4 is 57.9 Å². The molecule has 0 bridgehead atoms. The predicted molar refractivity (Wildman–Crippen MR) is 199 cm³/mol. The molecule has 4 rings (SSSR count). The number of carbonyl (C=O) groups excluding carboxylic acids is 3. The molecule has 2 aromatic rings. The number of rotatable bonds is 24. The molecule has 52 heavy (non-hydrogen) atoms. The average molecular weight is 759 g/mol. The maximum Gasteiger partial charge on any atom is 0.352 e. The lowest BCUT2D eigenvalue weighted by molar-refractivity contribution is -0.689. The van der Waals surface area contributed by atoms with Gasteiger partial charge in [0.1, 0.15) is 30.3 Å². The monoisotopic (exact) mass is 758 g/mol. The molecule has 2 aliphatic rings. The molecule has 14 nitrogen and oxygen atoms in total. The molecule has 1 saturated heterocycles. The molecular formula is C36H52N7O7S2+. The molecule has 0 radical (unpaired) electrons. The molecule has 2 aromatic heterocycles. The van der Waals surface area contributed by atoms with Crippen molar-refractivity contribution in [3.63, 3.8) is 0 Å². The number of nitrogens with two attached hydrogens (primary N) is 1. The molecule has 0 saturated carbocycles. The summed E-state index contributed by atoms with van der Waals surface area (Å²) in [5.74, 6) is -2.43. The number of nitrogens with one attached hydrogen (secondary N) is 1. The van der Waals surface area contributed by atoms with E-state index in [-0.39, 0.29) is 48.1 Å². The van der Waals surface area contributed by atoms with Gasteiger partial charge in [0.2, 0.25) is 11.5 Å². The van der Waals surface area contributed by atoms with Gasteiger partial charge in [0.05, 0.1) is 0 Å². The van der Waals surface area contributed by atoms with Gasteiger partial charge in [-0.3, -0.25) is 19.3 Å². The van der Waals surface area contributed by atoms with Gasteiger partial charge in [-0.2, -0.15) is 9.36 Å². The molecule has 4 N–H and O–H groups in total. The first kappa shape index (κ1) is 40.7. The summed E-state index contributed by atoms with van der Waals surface area (Å²) >= 11 is 2.24. The zero-order valence-corrected chi connectivity index (χ0v) is 31.9. The Morgan fingerprint density at radius 2 is 1.65 bits per heavy atom. The molecule has 1 fully saturated rings. The fraction of sp³-hybridized carbons (Fsp3) is 0.611. The first-order valence-electron chi connectivity index (χ1n) is 18.4. The van der Waals surface area contributed by atoms with Gasteiger partial charge < -0.3 is 25.7 Å². The zero-order chi connectivity index (χ0) is 37.3. The number of nitrogens with zero attached hydrogens (tertiary/aromatic N) is 5. The largest absolute Gasteiger partial charge is 0.477 e. The van der Waals surface area contributed by atoms with Crippen LogP contribution in [0.2, 0.25) is 0 Å². The number of β-lactam (4-membered cyclic amide) rings is 1. The van der Waals surface area contributed by atoms with Crippen molar-refractivity contribution in [3.8, 4) is 0 Å². The second-order valence-electron chi connectivity index (χ2n) is 13.0. The van der Waals surface area contributed by atoms with E-state index >= 15 is 0 Å². The Balaban J connectivity index is 1.18. The number of hydrogen-bond acceptors (Lipinski definition) is 12. The van der Waals surface area contributed by atoms with E-state index < -0.39 is 29.2 Å². The number of carbonyl (C=O) groups is 4. The Morgan fingerprint density at radius 3 is 2.23 bits per heavy atom. The van der Waals surface area contributed by atoms with E-state index in [2.05, 4.69) is 26.8 Å². The normalized spacial score (nSPS) is 17.1. The minimum Gasteiger partial charge on any atom is -0.477 e. The van der Waals surface area contributed by atoms with Crippen molar-refractivity contribution in [2.75, 3.05) is 18.1 Å². The number of amides is 2. The topological polar surface area (TPSA) is 190 Å². The Kier molecular flexibility index (Phi) is 16.8. The van der Waals surface area contributed by atoms with Crippen LogP contribution in [0.5, 0.6) is 0 Å². The number of ether oxygens (including phenoxy) is 1. The minimum atomic E-state index is -1.23. The number of unbranched alkanes of at least 4 members (excludes halogenated alkanes) is 12. The van der Waals surface area contributed by atoms with Crippen LogP contribution in [-0.2, 0) is 41.9 Å². The number of anilines is 1. The number of pyridine rings is 1. The minimum absolute atomic E-state index is 0.0342. The highest BCUT2D eigenvalue weighted by molar-refractivity contribution is 8.00. The number of aromatic nitrogens is 3. The van der Waals surface area contributed by atoms with Gasteiger partial charge >= 0.3 is 11.9 Å². The van der Waals surface area contributed by atoms with Gasteiger partial charge in [-0.15, -0.1) is 11.8 Å². The summed E-state index contributed by atoms with van der Waals surface area (Å²) in [6.07, 6.45) is 20.3. The summed E-state index contributed by atoms with van der Waals surface area (Å²) in [4.78, 5) is 61.2. The van der Waals surface area contributed by atoms with Crippen LogP contribution in [0.1, 0.15) is 115 Å². The van der Waals surface area contributed by atoms with E-state index in [9.17, 15) is 24.3 Å². The van der Waals surface area contributed by atoms with Gasteiger partial charge in [-0.05, 0) is 13.3 Å². The second kappa shape index (κ2) is 21.5. The van der Waals surface area contributed by atoms with Crippen LogP contribution in [0.4, 0.5) is 5.13 Å². The molecule has 2 atom stereocenters. The second-order valence-corrected chi connectivity index (χ2v) is 14.9. The smallest absolute Gasteiger partial charge is 0.352 e. The quantitative estimate of drug-likeness (QED) is 0.0322. The number of hydrogen-bond donors (Lipinski definition) is 3. The summed E-state index contributed by atoms with van der Waals surface area (Å²) in [6, 6.07) is 2.67. The number of carboxylic acids is 1.